The Hall–Kier alpha value is -4.47. The van der Waals surface area contributed by atoms with Crippen LogP contribution in [-0.2, 0) is 22.4 Å². The summed E-state index contributed by atoms with van der Waals surface area (Å²) in [6.45, 7) is 2.67. The van der Waals surface area contributed by atoms with Gasteiger partial charge in [0.15, 0.2) is 0 Å². The van der Waals surface area contributed by atoms with Gasteiger partial charge in [-0.05, 0) is 73.4 Å². The third-order valence-corrected chi connectivity index (χ3v) is 6.92. The van der Waals surface area contributed by atoms with Gasteiger partial charge in [0, 0.05) is 41.8 Å². The number of rotatable bonds is 9. The van der Waals surface area contributed by atoms with E-state index in [1.54, 1.807) is 23.8 Å². The molecule has 3 heterocycles. The molecule has 0 saturated heterocycles. The van der Waals surface area contributed by atoms with Gasteiger partial charge in [0.1, 0.15) is 23.2 Å². The maximum absolute atomic E-state index is 14.0. The molecule has 1 unspecified atom stereocenters. The molecular formula is C30H29F2N3O5. The molecule has 2 aromatic carbocycles. The SMILES string of the molecule is CCOC(=O)CC(c1cc(F)cc(F)c1)n1ccc2cc(OCCc3ccc4c(n3)N(C(=O)O)CCC4)ccc21. The number of esters is 1. The van der Waals surface area contributed by atoms with Gasteiger partial charge in [-0.15, -0.1) is 0 Å². The second kappa shape index (κ2) is 11.7. The minimum atomic E-state index is -1.01. The van der Waals surface area contributed by atoms with Crippen molar-refractivity contribution in [1.82, 2.24) is 9.55 Å². The maximum atomic E-state index is 14.0. The highest BCUT2D eigenvalue weighted by Gasteiger charge is 2.24. The Morgan fingerprint density at radius 1 is 1.07 bits per heavy atom. The van der Waals surface area contributed by atoms with Crippen LogP contribution >= 0.6 is 0 Å². The van der Waals surface area contributed by atoms with Gasteiger partial charge in [-0.3, -0.25) is 9.69 Å². The van der Waals surface area contributed by atoms with E-state index >= 15 is 0 Å². The molecule has 0 radical (unpaired) electrons. The fourth-order valence-electron chi connectivity index (χ4n) is 5.10. The number of aryl methyl sites for hydroxylation is 1. The van der Waals surface area contributed by atoms with E-state index in [-0.39, 0.29) is 13.0 Å². The van der Waals surface area contributed by atoms with Crippen LogP contribution in [0.3, 0.4) is 0 Å². The summed E-state index contributed by atoms with van der Waals surface area (Å²) in [4.78, 5) is 29.8. The molecule has 8 nitrogen and oxygen atoms in total. The van der Waals surface area contributed by atoms with Crippen LogP contribution in [0.2, 0.25) is 0 Å². The van der Waals surface area contributed by atoms with Gasteiger partial charge in [-0.25, -0.2) is 18.6 Å². The van der Waals surface area contributed by atoms with Gasteiger partial charge < -0.3 is 19.1 Å². The monoisotopic (exact) mass is 549 g/mol. The van der Waals surface area contributed by atoms with E-state index in [1.807, 2.05) is 30.3 Å². The van der Waals surface area contributed by atoms with E-state index in [4.69, 9.17) is 9.47 Å². The summed E-state index contributed by atoms with van der Waals surface area (Å²) >= 11 is 0. The molecule has 208 valence electrons. The quantitative estimate of drug-likeness (QED) is 0.261. The van der Waals surface area contributed by atoms with Gasteiger partial charge >= 0.3 is 12.1 Å². The van der Waals surface area contributed by atoms with E-state index in [2.05, 4.69) is 4.98 Å². The van der Waals surface area contributed by atoms with Crippen LogP contribution in [0, 0.1) is 11.6 Å². The van der Waals surface area contributed by atoms with Crippen LogP contribution in [-0.4, -0.2) is 46.5 Å². The highest BCUT2D eigenvalue weighted by Crippen LogP contribution is 2.31. The molecule has 1 aliphatic rings. The van der Waals surface area contributed by atoms with E-state index < -0.39 is 29.7 Å². The fourth-order valence-corrected chi connectivity index (χ4v) is 5.10. The number of fused-ring (bicyclic) bond motifs is 2. The molecular weight excluding hydrogens is 520 g/mol. The van der Waals surface area contributed by atoms with Gasteiger partial charge in [0.2, 0.25) is 0 Å². The summed E-state index contributed by atoms with van der Waals surface area (Å²) in [7, 11) is 0. The van der Waals surface area contributed by atoms with Crippen molar-refractivity contribution >= 4 is 28.8 Å². The molecule has 1 aliphatic heterocycles. The van der Waals surface area contributed by atoms with Gasteiger partial charge in [0.25, 0.3) is 0 Å². The maximum Gasteiger partial charge on any atom is 0.413 e. The van der Waals surface area contributed by atoms with Gasteiger partial charge in [-0.1, -0.05) is 6.07 Å². The average Bonchev–Trinajstić information content (AvgIpc) is 3.34. The predicted octanol–water partition coefficient (Wildman–Crippen LogP) is 5.91. The van der Waals surface area contributed by atoms with Gasteiger partial charge in [0.05, 0.1) is 25.7 Å². The Kier molecular flexibility index (Phi) is 7.95. The standard InChI is InChI=1S/C30H29F2N3O5/c1-2-39-28(36)18-27(21-14-22(31)17-23(32)15-21)34-12-9-20-16-25(7-8-26(20)34)40-13-10-24-6-5-19-4-3-11-35(30(37)38)29(19)33-24/h5-9,12,14-17,27H,2-4,10-11,13,18H2,1H3,(H,37,38). The number of carboxylic acid groups (broad SMARTS) is 1. The highest BCUT2D eigenvalue weighted by atomic mass is 19.1. The molecule has 0 bridgehead atoms. The lowest BCUT2D eigenvalue weighted by Crippen LogP contribution is -2.35. The smallest absolute Gasteiger partial charge is 0.413 e. The molecule has 10 heteroatoms. The number of pyridine rings is 1. The molecule has 0 aliphatic carbocycles. The van der Waals surface area contributed by atoms with Crippen molar-refractivity contribution in [1.29, 1.82) is 0 Å². The number of nitrogens with zero attached hydrogens (tertiary/aromatic N) is 3. The first-order chi connectivity index (χ1) is 19.3. The Bertz CT molecular complexity index is 1530. The third-order valence-electron chi connectivity index (χ3n) is 6.92. The lowest BCUT2D eigenvalue weighted by Gasteiger charge is -2.26. The van der Waals surface area contributed by atoms with Crippen molar-refractivity contribution in [3.8, 4) is 5.75 Å². The first-order valence-electron chi connectivity index (χ1n) is 13.2. The first kappa shape index (κ1) is 27.1. The van der Waals surface area contributed by atoms with Gasteiger partial charge in [-0.2, -0.15) is 0 Å². The number of ether oxygens (including phenoxy) is 2. The van der Waals surface area contributed by atoms with E-state index in [0.29, 0.717) is 36.7 Å². The molecule has 40 heavy (non-hydrogen) atoms. The van der Waals surface area contributed by atoms with Crippen LogP contribution in [0.25, 0.3) is 10.9 Å². The second-order valence-corrected chi connectivity index (χ2v) is 9.59. The summed E-state index contributed by atoms with van der Waals surface area (Å²) in [5, 5.41) is 10.3. The lowest BCUT2D eigenvalue weighted by atomic mass is 10.0. The van der Waals surface area contributed by atoms with E-state index in [1.165, 1.54) is 17.0 Å². The largest absolute Gasteiger partial charge is 0.493 e. The minimum Gasteiger partial charge on any atom is -0.493 e. The summed E-state index contributed by atoms with van der Waals surface area (Å²) in [5.74, 6) is -0.801. The van der Waals surface area contributed by atoms with Crippen molar-refractivity contribution in [3.63, 3.8) is 0 Å². The number of anilines is 1. The Morgan fingerprint density at radius 2 is 1.88 bits per heavy atom. The highest BCUT2D eigenvalue weighted by molar-refractivity contribution is 5.86. The number of carbonyl (C=O) groups excluding carboxylic acids is 1. The number of amides is 1. The minimum absolute atomic E-state index is 0.0914. The molecule has 1 atom stereocenters. The summed E-state index contributed by atoms with van der Waals surface area (Å²) in [6, 6.07) is 13.7. The second-order valence-electron chi connectivity index (χ2n) is 9.59. The molecule has 0 fully saturated rings. The first-order valence-corrected chi connectivity index (χ1v) is 13.2. The predicted molar refractivity (Wildman–Crippen MR) is 145 cm³/mol. The van der Waals surface area contributed by atoms with Crippen molar-refractivity contribution in [3.05, 3.63) is 89.2 Å². The zero-order valence-electron chi connectivity index (χ0n) is 22.0. The van der Waals surface area contributed by atoms with Crippen LogP contribution < -0.4 is 9.64 Å². The van der Waals surface area contributed by atoms with Crippen LogP contribution in [0.5, 0.6) is 5.75 Å². The number of aromatic nitrogens is 2. The summed E-state index contributed by atoms with van der Waals surface area (Å²) in [5.41, 5.74) is 2.75. The van der Waals surface area contributed by atoms with Crippen LogP contribution in [0.4, 0.5) is 19.4 Å². The normalized spacial score (nSPS) is 13.6. The molecule has 5 rings (SSSR count). The summed E-state index contributed by atoms with van der Waals surface area (Å²) in [6.07, 6.45) is 2.74. The lowest BCUT2D eigenvalue weighted by molar-refractivity contribution is -0.143. The average molecular weight is 550 g/mol. The molecule has 1 N–H and O–H groups in total. The number of halogens is 2. The Morgan fingerprint density at radius 3 is 2.62 bits per heavy atom. The van der Waals surface area contributed by atoms with Crippen LogP contribution in [0.15, 0.2) is 60.8 Å². The zero-order chi connectivity index (χ0) is 28.2. The topological polar surface area (TPSA) is 93.9 Å². The number of carbonyl (C=O) groups is 2. The number of hydrogen-bond acceptors (Lipinski definition) is 5. The molecule has 1 amide bonds. The summed E-state index contributed by atoms with van der Waals surface area (Å²) < 4.78 is 41.0. The third kappa shape index (κ3) is 5.90. The Balaban J connectivity index is 1.33. The van der Waals surface area contributed by atoms with Crippen LogP contribution in [0.1, 0.15) is 42.6 Å². The van der Waals surface area contributed by atoms with E-state index in [9.17, 15) is 23.5 Å². The van der Waals surface area contributed by atoms with Crippen molar-refractivity contribution < 1.29 is 33.0 Å². The Labute approximate surface area is 229 Å². The van der Waals surface area contributed by atoms with Crippen molar-refractivity contribution in [2.24, 2.45) is 0 Å². The van der Waals surface area contributed by atoms with Crippen molar-refractivity contribution in [2.75, 3.05) is 24.7 Å². The van der Waals surface area contributed by atoms with Crippen molar-refractivity contribution in [2.45, 2.75) is 38.6 Å². The molecule has 0 saturated carbocycles. The molecule has 2 aromatic heterocycles. The van der Waals surface area contributed by atoms with E-state index in [0.717, 1.165) is 41.1 Å². The molecule has 0 spiro atoms. The zero-order valence-corrected chi connectivity index (χ0v) is 22.0. The number of hydrogen-bond donors (Lipinski definition) is 1. The molecule has 4 aromatic rings. The number of benzene rings is 2. The fraction of sp³-hybridized carbons (Fsp3) is 0.300.